The van der Waals surface area contributed by atoms with Crippen molar-refractivity contribution in [3.63, 3.8) is 0 Å². The zero-order chi connectivity index (χ0) is 13.7. The lowest BCUT2D eigenvalue weighted by Crippen LogP contribution is -2.14. The maximum atomic E-state index is 11.7. The van der Waals surface area contributed by atoms with E-state index in [1.54, 1.807) is 0 Å². The van der Waals surface area contributed by atoms with E-state index >= 15 is 0 Å². The molecule has 0 amide bonds. The van der Waals surface area contributed by atoms with Crippen LogP contribution in [0.3, 0.4) is 0 Å². The minimum atomic E-state index is -0.856. The summed E-state index contributed by atoms with van der Waals surface area (Å²) in [5.41, 5.74) is -0.550. The summed E-state index contributed by atoms with van der Waals surface area (Å²) in [6.45, 7) is 1.49. The van der Waals surface area contributed by atoms with Gasteiger partial charge in [-0.05, 0) is 13.0 Å². The van der Waals surface area contributed by atoms with Gasteiger partial charge >= 0.3 is 5.97 Å². The molecule has 0 bridgehead atoms. The summed E-state index contributed by atoms with van der Waals surface area (Å²) in [5, 5.41) is 10.8. The predicted molar refractivity (Wildman–Crippen MR) is 63.4 cm³/mol. The van der Waals surface area contributed by atoms with Gasteiger partial charge in [0.1, 0.15) is 11.3 Å². The van der Waals surface area contributed by atoms with Crippen molar-refractivity contribution in [1.82, 2.24) is 0 Å². The van der Waals surface area contributed by atoms with Crippen molar-refractivity contribution < 1.29 is 19.2 Å². The lowest BCUT2D eigenvalue weighted by atomic mass is 10.1. The fraction of sp³-hybridized carbons (Fsp3) is 0.250. The van der Waals surface area contributed by atoms with E-state index in [0.717, 1.165) is 0 Å². The summed E-state index contributed by atoms with van der Waals surface area (Å²) in [5.74, 6) is 1.66. The highest BCUT2D eigenvalue weighted by molar-refractivity contribution is 5.94. The van der Waals surface area contributed by atoms with Gasteiger partial charge in [-0.25, -0.2) is 4.79 Å². The average molecular weight is 249 g/mol. The van der Waals surface area contributed by atoms with E-state index in [4.69, 9.17) is 15.9 Å². The number of rotatable bonds is 4. The second-order valence-electron chi connectivity index (χ2n) is 3.35. The number of carbonyl (C=O) groups is 1. The molecule has 0 saturated heterocycles. The molecule has 0 radical (unpaired) electrons. The Bertz CT molecular complexity index is 518. The van der Waals surface area contributed by atoms with Crippen LogP contribution in [0.5, 0.6) is 5.75 Å². The molecule has 6 nitrogen and oxygen atoms in total. The fourth-order valence-electron chi connectivity index (χ4n) is 1.22. The Morgan fingerprint density at radius 3 is 2.72 bits per heavy atom. The molecule has 0 fully saturated rings. The van der Waals surface area contributed by atoms with E-state index in [1.807, 2.05) is 0 Å². The van der Waals surface area contributed by atoms with Gasteiger partial charge in [-0.2, -0.15) is 0 Å². The van der Waals surface area contributed by atoms with Gasteiger partial charge in [-0.3, -0.25) is 10.1 Å². The Balaban J connectivity index is 3.15. The van der Waals surface area contributed by atoms with E-state index in [-0.39, 0.29) is 11.3 Å². The summed E-state index contributed by atoms with van der Waals surface area (Å²) in [6, 6.07) is 3.80. The molecule has 0 heterocycles. The van der Waals surface area contributed by atoms with Crippen LogP contribution in [0.1, 0.15) is 17.3 Å². The highest BCUT2D eigenvalue weighted by Crippen LogP contribution is 2.24. The molecule has 1 rings (SSSR count). The molecule has 1 atom stereocenters. The van der Waals surface area contributed by atoms with Crippen LogP contribution in [0, 0.1) is 22.5 Å². The van der Waals surface area contributed by atoms with Gasteiger partial charge in [0.05, 0.1) is 12.0 Å². The molecule has 0 aromatic heterocycles. The third kappa shape index (κ3) is 2.98. The van der Waals surface area contributed by atoms with Crippen LogP contribution in [0.4, 0.5) is 5.69 Å². The number of hydrogen-bond donors (Lipinski definition) is 0. The SMILES string of the molecule is C#C[C@H](C)OC(=O)c1cc(OC)ccc1[N+](=O)[O-]. The van der Waals surface area contributed by atoms with Crippen molar-refractivity contribution in [2.24, 2.45) is 0 Å². The van der Waals surface area contributed by atoms with Crippen LogP contribution >= 0.6 is 0 Å². The Labute approximate surface area is 104 Å². The van der Waals surface area contributed by atoms with E-state index in [0.29, 0.717) is 5.75 Å². The van der Waals surface area contributed by atoms with E-state index in [2.05, 4.69) is 5.92 Å². The minimum absolute atomic E-state index is 0.193. The highest BCUT2D eigenvalue weighted by Gasteiger charge is 2.23. The molecule has 0 aliphatic carbocycles. The number of methoxy groups -OCH3 is 1. The quantitative estimate of drug-likeness (QED) is 0.352. The summed E-state index contributed by atoms with van der Waals surface area (Å²) in [6.07, 6.45) is 4.31. The zero-order valence-electron chi connectivity index (χ0n) is 9.88. The smallest absolute Gasteiger partial charge is 0.346 e. The monoisotopic (exact) mass is 249 g/mol. The first-order valence-electron chi connectivity index (χ1n) is 4.99. The second kappa shape index (κ2) is 5.68. The number of benzene rings is 1. The molecule has 1 aromatic rings. The molecule has 0 aliphatic rings. The van der Waals surface area contributed by atoms with Gasteiger partial charge in [0.25, 0.3) is 5.69 Å². The maximum Gasteiger partial charge on any atom is 0.346 e. The topological polar surface area (TPSA) is 78.7 Å². The summed E-state index contributed by atoms with van der Waals surface area (Å²) in [4.78, 5) is 21.9. The second-order valence-corrected chi connectivity index (χ2v) is 3.35. The number of hydrogen-bond acceptors (Lipinski definition) is 5. The number of terminal acetylenes is 1. The first-order chi connectivity index (χ1) is 8.49. The molecule has 0 saturated carbocycles. The van der Waals surface area contributed by atoms with Crippen LogP contribution in [-0.4, -0.2) is 24.1 Å². The summed E-state index contributed by atoms with van der Waals surface area (Å²) in [7, 11) is 1.39. The zero-order valence-corrected chi connectivity index (χ0v) is 9.88. The molecule has 0 unspecified atom stereocenters. The number of nitrogens with zero attached hydrogens (tertiary/aromatic N) is 1. The largest absolute Gasteiger partial charge is 0.497 e. The van der Waals surface area contributed by atoms with Gasteiger partial charge in [-0.15, -0.1) is 6.42 Å². The van der Waals surface area contributed by atoms with Gasteiger partial charge in [0.15, 0.2) is 6.10 Å². The molecule has 18 heavy (non-hydrogen) atoms. The number of esters is 1. The molecule has 94 valence electrons. The Morgan fingerprint density at radius 2 is 2.22 bits per heavy atom. The first-order valence-corrected chi connectivity index (χ1v) is 4.99. The summed E-state index contributed by atoms with van der Waals surface area (Å²) >= 11 is 0. The van der Waals surface area contributed by atoms with E-state index < -0.39 is 17.0 Å². The lowest BCUT2D eigenvalue weighted by molar-refractivity contribution is -0.385. The van der Waals surface area contributed by atoms with Crippen molar-refractivity contribution in [1.29, 1.82) is 0 Å². The third-order valence-corrected chi connectivity index (χ3v) is 2.14. The Kier molecular flexibility index (Phi) is 4.27. The maximum absolute atomic E-state index is 11.7. The van der Waals surface area contributed by atoms with Gasteiger partial charge in [-0.1, -0.05) is 5.92 Å². The van der Waals surface area contributed by atoms with Crippen LogP contribution in [0.15, 0.2) is 18.2 Å². The average Bonchev–Trinajstić information content (AvgIpc) is 2.37. The number of ether oxygens (including phenoxy) is 2. The fourth-order valence-corrected chi connectivity index (χ4v) is 1.22. The Hall–Kier alpha value is -2.55. The van der Waals surface area contributed by atoms with Gasteiger partial charge in [0.2, 0.25) is 0 Å². The minimum Gasteiger partial charge on any atom is -0.497 e. The van der Waals surface area contributed by atoms with Crippen LogP contribution < -0.4 is 4.74 Å². The predicted octanol–water partition coefficient (Wildman–Crippen LogP) is 1.78. The number of nitro groups is 1. The number of carbonyl (C=O) groups excluding carboxylic acids is 1. The molecular weight excluding hydrogens is 238 g/mol. The third-order valence-electron chi connectivity index (χ3n) is 2.14. The van der Waals surface area contributed by atoms with Crippen molar-refractivity contribution in [2.45, 2.75) is 13.0 Å². The molecule has 1 aromatic carbocycles. The molecular formula is C12H11NO5. The van der Waals surface area contributed by atoms with Gasteiger partial charge < -0.3 is 9.47 Å². The van der Waals surface area contributed by atoms with Crippen molar-refractivity contribution in [3.8, 4) is 18.1 Å². The molecule has 0 spiro atoms. The van der Waals surface area contributed by atoms with Crippen molar-refractivity contribution >= 4 is 11.7 Å². The van der Waals surface area contributed by atoms with Gasteiger partial charge in [0, 0.05) is 12.1 Å². The van der Waals surface area contributed by atoms with E-state index in [1.165, 1.54) is 32.2 Å². The first kappa shape index (κ1) is 13.5. The highest BCUT2D eigenvalue weighted by atomic mass is 16.6. The summed E-state index contributed by atoms with van der Waals surface area (Å²) < 4.78 is 9.74. The molecule has 6 heteroatoms. The normalized spacial score (nSPS) is 11.2. The van der Waals surface area contributed by atoms with Crippen LogP contribution in [0.25, 0.3) is 0 Å². The Morgan fingerprint density at radius 1 is 1.56 bits per heavy atom. The molecule has 0 N–H and O–H groups in total. The molecule has 0 aliphatic heterocycles. The van der Waals surface area contributed by atoms with Crippen molar-refractivity contribution in [3.05, 3.63) is 33.9 Å². The standard InChI is InChI=1S/C12H11NO5/c1-4-8(2)18-12(14)10-7-9(17-3)5-6-11(10)13(15)16/h1,5-8H,2-3H3/t8-/m0/s1. The van der Waals surface area contributed by atoms with Crippen molar-refractivity contribution in [2.75, 3.05) is 7.11 Å². The number of nitro benzene ring substituents is 1. The van der Waals surface area contributed by atoms with E-state index in [9.17, 15) is 14.9 Å². The lowest BCUT2D eigenvalue weighted by Gasteiger charge is -2.08. The van der Waals surface area contributed by atoms with Crippen LogP contribution in [-0.2, 0) is 4.74 Å². The van der Waals surface area contributed by atoms with Crippen LogP contribution in [0.2, 0.25) is 0 Å².